The maximum Gasteiger partial charge on any atom is 0.166 e. The van der Waals surface area contributed by atoms with Crippen molar-refractivity contribution < 1.29 is 4.74 Å². The minimum absolute atomic E-state index is 0.637. The van der Waals surface area contributed by atoms with E-state index in [2.05, 4.69) is 15.6 Å². The Morgan fingerprint density at radius 3 is 2.88 bits per heavy atom. The van der Waals surface area contributed by atoms with Crippen LogP contribution < -0.4 is 10.6 Å². The molecule has 1 aromatic rings. The smallest absolute Gasteiger partial charge is 0.166 e. The molecule has 0 aliphatic carbocycles. The van der Waals surface area contributed by atoms with Gasteiger partial charge in [-0.2, -0.15) is 0 Å². The second-order valence-electron chi connectivity index (χ2n) is 3.41. The molecule has 0 aliphatic rings. The maximum atomic E-state index is 5.09. The molecular formula is C11H17N3OS. The molecule has 0 fully saturated rings. The van der Waals surface area contributed by atoms with E-state index in [1.54, 1.807) is 7.11 Å². The molecule has 0 aliphatic heterocycles. The van der Waals surface area contributed by atoms with Crippen LogP contribution in [0.3, 0.4) is 0 Å². The summed E-state index contributed by atoms with van der Waals surface area (Å²) in [5.41, 5.74) is 2.13. The molecule has 88 valence electrons. The number of hydrogen-bond acceptors (Lipinski definition) is 3. The van der Waals surface area contributed by atoms with E-state index in [1.807, 2.05) is 25.3 Å². The first-order valence-electron chi connectivity index (χ1n) is 5.14. The van der Waals surface area contributed by atoms with Crippen LogP contribution in [0.4, 0.5) is 0 Å². The number of nitrogens with one attached hydrogen (secondary N) is 2. The Hall–Kier alpha value is -1.20. The summed E-state index contributed by atoms with van der Waals surface area (Å²) < 4.78 is 4.91. The van der Waals surface area contributed by atoms with Crippen LogP contribution >= 0.6 is 12.2 Å². The lowest BCUT2D eigenvalue weighted by atomic mass is 10.2. The van der Waals surface area contributed by atoms with Crippen molar-refractivity contribution in [3.8, 4) is 0 Å². The number of ether oxygens (including phenoxy) is 1. The Morgan fingerprint density at radius 2 is 2.25 bits per heavy atom. The number of hydrogen-bond donors (Lipinski definition) is 2. The summed E-state index contributed by atoms with van der Waals surface area (Å²) in [6.45, 7) is 4.02. The average Bonchev–Trinajstić information content (AvgIpc) is 2.29. The van der Waals surface area contributed by atoms with Gasteiger partial charge in [0, 0.05) is 32.1 Å². The summed E-state index contributed by atoms with van der Waals surface area (Å²) in [7, 11) is 1.66. The Labute approximate surface area is 101 Å². The van der Waals surface area contributed by atoms with E-state index in [4.69, 9.17) is 17.0 Å². The van der Waals surface area contributed by atoms with E-state index in [1.165, 1.54) is 0 Å². The van der Waals surface area contributed by atoms with Crippen LogP contribution in [0.2, 0.25) is 0 Å². The quantitative estimate of drug-likeness (QED) is 0.593. The van der Waals surface area contributed by atoms with Crippen molar-refractivity contribution in [2.24, 2.45) is 0 Å². The summed E-state index contributed by atoms with van der Waals surface area (Å²) in [6.07, 6.45) is 1.85. The zero-order valence-electron chi connectivity index (χ0n) is 9.62. The molecule has 1 aromatic heterocycles. The van der Waals surface area contributed by atoms with E-state index >= 15 is 0 Å². The van der Waals surface area contributed by atoms with Crippen LogP contribution in [0.1, 0.15) is 11.3 Å². The molecule has 2 N–H and O–H groups in total. The van der Waals surface area contributed by atoms with Crippen LogP contribution in [0.5, 0.6) is 0 Å². The lowest BCUT2D eigenvalue weighted by molar-refractivity contribution is 0.204. The summed E-state index contributed by atoms with van der Waals surface area (Å²) in [6, 6.07) is 4.02. The van der Waals surface area contributed by atoms with Gasteiger partial charge in [0.05, 0.1) is 6.61 Å². The van der Waals surface area contributed by atoms with Crippen LogP contribution in [0, 0.1) is 6.92 Å². The first kappa shape index (κ1) is 12.9. The maximum absolute atomic E-state index is 5.09. The normalized spacial score (nSPS) is 9.88. The largest absolute Gasteiger partial charge is 0.383 e. The highest BCUT2D eigenvalue weighted by Crippen LogP contribution is 1.98. The summed E-state index contributed by atoms with van der Waals surface area (Å²) in [5.74, 6) is 0. The van der Waals surface area contributed by atoms with Crippen molar-refractivity contribution in [1.82, 2.24) is 15.6 Å². The SMILES string of the molecule is COCCNC(=S)NCc1ccc(C)nc1. The third-order valence-corrected chi connectivity index (χ3v) is 2.31. The van der Waals surface area contributed by atoms with Crippen LogP contribution in [-0.4, -0.2) is 30.4 Å². The molecule has 0 unspecified atom stereocenters. The highest BCUT2D eigenvalue weighted by atomic mass is 32.1. The second-order valence-corrected chi connectivity index (χ2v) is 3.82. The van der Waals surface area contributed by atoms with E-state index in [9.17, 15) is 0 Å². The number of aryl methyl sites for hydroxylation is 1. The van der Waals surface area contributed by atoms with Crippen LogP contribution in [-0.2, 0) is 11.3 Å². The van der Waals surface area contributed by atoms with E-state index in [-0.39, 0.29) is 0 Å². The lowest BCUT2D eigenvalue weighted by Gasteiger charge is -2.09. The van der Waals surface area contributed by atoms with Gasteiger partial charge in [0.15, 0.2) is 5.11 Å². The van der Waals surface area contributed by atoms with E-state index in [0.717, 1.165) is 11.3 Å². The summed E-state index contributed by atoms with van der Waals surface area (Å²) >= 11 is 5.09. The molecule has 1 rings (SSSR count). The van der Waals surface area contributed by atoms with Gasteiger partial charge < -0.3 is 15.4 Å². The lowest BCUT2D eigenvalue weighted by Crippen LogP contribution is -2.36. The van der Waals surface area contributed by atoms with E-state index < -0.39 is 0 Å². The zero-order valence-corrected chi connectivity index (χ0v) is 10.4. The molecule has 0 atom stereocenters. The van der Waals surface area contributed by atoms with Crippen molar-refractivity contribution in [3.05, 3.63) is 29.6 Å². The van der Waals surface area contributed by atoms with Gasteiger partial charge in [-0.3, -0.25) is 4.98 Å². The first-order valence-corrected chi connectivity index (χ1v) is 5.55. The standard InChI is InChI=1S/C11H17N3OS/c1-9-3-4-10(7-13-9)8-14-11(16)12-5-6-15-2/h3-4,7H,5-6,8H2,1-2H3,(H2,12,14,16). The minimum atomic E-state index is 0.637. The van der Waals surface area contributed by atoms with E-state index in [0.29, 0.717) is 24.8 Å². The predicted octanol–water partition coefficient (Wildman–Crippen LogP) is 1.00. The fourth-order valence-corrected chi connectivity index (χ4v) is 1.29. The molecule has 0 radical (unpaired) electrons. The summed E-state index contributed by atoms with van der Waals surface area (Å²) in [5, 5.41) is 6.78. The summed E-state index contributed by atoms with van der Waals surface area (Å²) in [4.78, 5) is 4.21. The molecule has 16 heavy (non-hydrogen) atoms. The molecule has 0 spiro atoms. The first-order chi connectivity index (χ1) is 7.72. The van der Waals surface area contributed by atoms with Crippen molar-refractivity contribution in [2.45, 2.75) is 13.5 Å². The van der Waals surface area contributed by atoms with Crippen molar-refractivity contribution in [1.29, 1.82) is 0 Å². The number of methoxy groups -OCH3 is 1. The van der Waals surface area contributed by atoms with Crippen LogP contribution in [0.25, 0.3) is 0 Å². The fraction of sp³-hybridized carbons (Fsp3) is 0.455. The molecule has 0 aromatic carbocycles. The molecule has 0 bridgehead atoms. The molecule has 5 heteroatoms. The van der Waals surface area contributed by atoms with Crippen molar-refractivity contribution >= 4 is 17.3 Å². The van der Waals surface area contributed by atoms with Gasteiger partial charge in [-0.25, -0.2) is 0 Å². The Balaban J connectivity index is 2.23. The third-order valence-electron chi connectivity index (χ3n) is 2.02. The molecule has 4 nitrogen and oxygen atoms in total. The molecule has 0 amide bonds. The van der Waals surface area contributed by atoms with Gasteiger partial charge in [0.1, 0.15) is 0 Å². The predicted molar refractivity (Wildman–Crippen MR) is 68.3 cm³/mol. The number of thiocarbonyl (C=S) groups is 1. The van der Waals surface area contributed by atoms with Gasteiger partial charge in [-0.05, 0) is 30.8 Å². The number of pyridine rings is 1. The van der Waals surface area contributed by atoms with Gasteiger partial charge in [-0.15, -0.1) is 0 Å². The Morgan fingerprint density at radius 1 is 1.44 bits per heavy atom. The Bertz CT molecular complexity index is 327. The fourth-order valence-electron chi connectivity index (χ4n) is 1.11. The Kier molecular flexibility index (Phi) is 5.74. The third kappa shape index (κ3) is 5.04. The molecule has 1 heterocycles. The van der Waals surface area contributed by atoms with Crippen molar-refractivity contribution in [3.63, 3.8) is 0 Å². The minimum Gasteiger partial charge on any atom is -0.383 e. The van der Waals surface area contributed by atoms with Gasteiger partial charge in [0.25, 0.3) is 0 Å². The molecular weight excluding hydrogens is 222 g/mol. The number of nitrogens with zero attached hydrogens (tertiary/aromatic N) is 1. The number of aromatic nitrogens is 1. The average molecular weight is 239 g/mol. The van der Waals surface area contributed by atoms with Crippen molar-refractivity contribution in [2.75, 3.05) is 20.3 Å². The second kappa shape index (κ2) is 7.14. The van der Waals surface area contributed by atoms with Crippen LogP contribution in [0.15, 0.2) is 18.3 Å². The van der Waals surface area contributed by atoms with Gasteiger partial charge in [-0.1, -0.05) is 6.07 Å². The zero-order chi connectivity index (χ0) is 11.8. The topological polar surface area (TPSA) is 46.2 Å². The number of rotatable bonds is 5. The highest BCUT2D eigenvalue weighted by molar-refractivity contribution is 7.80. The molecule has 0 saturated heterocycles. The highest BCUT2D eigenvalue weighted by Gasteiger charge is 1.96. The monoisotopic (exact) mass is 239 g/mol. The van der Waals surface area contributed by atoms with Gasteiger partial charge >= 0.3 is 0 Å². The van der Waals surface area contributed by atoms with Gasteiger partial charge in [0.2, 0.25) is 0 Å². The molecule has 0 saturated carbocycles.